The summed E-state index contributed by atoms with van der Waals surface area (Å²) in [6.45, 7) is 2.30. The Morgan fingerprint density at radius 3 is 2.70 bits per heavy atom. The number of ether oxygens (including phenoxy) is 3. The third-order valence-corrected chi connectivity index (χ3v) is 4.94. The van der Waals surface area contributed by atoms with E-state index in [1.54, 1.807) is 12.1 Å². The van der Waals surface area contributed by atoms with E-state index in [1.165, 1.54) is 12.8 Å². The Labute approximate surface area is 163 Å². The fraction of sp³-hybridized carbons (Fsp3) is 0.381. The Kier molecular flexibility index (Phi) is 5.39. The monoisotopic (exact) mass is 387 g/mol. The summed E-state index contributed by atoms with van der Waals surface area (Å²) in [5.41, 5.74) is 1.61. The van der Waals surface area contributed by atoms with E-state index in [4.69, 9.17) is 25.8 Å². The van der Waals surface area contributed by atoms with Crippen LogP contribution < -0.4 is 19.5 Å². The van der Waals surface area contributed by atoms with Gasteiger partial charge in [0.05, 0.1) is 11.6 Å². The van der Waals surface area contributed by atoms with Crippen LogP contribution in [0.25, 0.3) is 0 Å². The van der Waals surface area contributed by atoms with Crippen molar-refractivity contribution in [3.8, 4) is 17.2 Å². The van der Waals surface area contributed by atoms with Crippen LogP contribution in [0, 0.1) is 5.92 Å². The van der Waals surface area contributed by atoms with Crippen LogP contribution in [0.3, 0.4) is 0 Å². The van der Waals surface area contributed by atoms with Gasteiger partial charge in [-0.1, -0.05) is 11.6 Å². The molecule has 0 spiro atoms. The van der Waals surface area contributed by atoms with E-state index in [0.29, 0.717) is 54.2 Å². The Morgan fingerprint density at radius 1 is 1.15 bits per heavy atom. The second kappa shape index (κ2) is 8.09. The first-order valence-corrected chi connectivity index (χ1v) is 9.66. The topological polar surface area (TPSA) is 56.8 Å². The lowest BCUT2D eigenvalue weighted by Gasteiger charge is -2.20. The van der Waals surface area contributed by atoms with Gasteiger partial charge in [0, 0.05) is 12.1 Å². The number of amides is 1. The number of halogens is 1. The first-order valence-electron chi connectivity index (χ1n) is 9.28. The summed E-state index contributed by atoms with van der Waals surface area (Å²) < 4.78 is 16.8. The van der Waals surface area contributed by atoms with Gasteiger partial charge in [-0.3, -0.25) is 4.79 Å². The molecule has 0 unspecified atom stereocenters. The molecule has 27 heavy (non-hydrogen) atoms. The number of nitrogens with one attached hydrogen (secondary N) is 1. The number of hydrogen-bond acceptors (Lipinski definition) is 4. The summed E-state index contributed by atoms with van der Waals surface area (Å²) in [6.07, 6.45) is 3.18. The minimum absolute atomic E-state index is 0.104. The number of carbonyl (C=O) groups is 1. The Balaban J connectivity index is 1.28. The maximum absolute atomic E-state index is 12.3. The molecule has 6 heteroatoms. The highest BCUT2D eigenvalue weighted by Crippen LogP contribution is 2.38. The van der Waals surface area contributed by atoms with Crippen molar-refractivity contribution in [1.82, 2.24) is 5.32 Å². The molecule has 0 radical (unpaired) electrons. The van der Waals surface area contributed by atoms with Crippen LogP contribution in [0.15, 0.2) is 36.4 Å². The SMILES string of the molecule is O=C(NCCc1cc(Cl)c2c(c1)OCCO2)c1ccc(OCC2CC2)cc1. The number of carbonyl (C=O) groups excluding carboxylic acids is 1. The normalized spacial score (nSPS) is 15.3. The van der Waals surface area contributed by atoms with Gasteiger partial charge in [0.25, 0.3) is 5.91 Å². The van der Waals surface area contributed by atoms with Gasteiger partial charge < -0.3 is 19.5 Å². The van der Waals surface area contributed by atoms with Gasteiger partial charge in [-0.2, -0.15) is 0 Å². The molecule has 1 saturated carbocycles. The largest absolute Gasteiger partial charge is 0.493 e. The molecule has 0 aromatic heterocycles. The molecule has 142 valence electrons. The van der Waals surface area contributed by atoms with E-state index in [2.05, 4.69) is 5.32 Å². The summed E-state index contributed by atoms with van der Waals surface area (Å²) in [5, 5.41) is 3.47. The smallest absolute Gasteiger partial charge is 0.251 e. The predicted octanol–water partition coefficient (Wildman–Crippen LogP) is 3.87. The summed E-state index contributed by atoms with van der Waals surface area (Å²) >= 11 is 6.24. The van der Waals surface area contributed by atoms with Crippen molar-refractivity contribution in [1.29, 1.82) is 0 Å². The predicted molar refractivity (Wildman–Crippen MR) is 103 cm³/mol. The van der Waals surface area contributed by atoms with Crippen molar-refractivity contribution >= 4 is 17.5 Å². The van der Waals surface area contributed by atoms with Crippen LogP contribution in [0.4, 0.5) is 0 Å². The van der Waals surface area contributed by atoms with Gasteiger partial charge in [0.15, 0.2) is 11.5 Å². The van der Waals surface area contributed by atoms with Crippen molar-refractivity contribution in [2.75, 3.05) is 26.4 Å². The zero-order chi connectivity index (χ0) is 18.6. The fourth-order valence-electron chi connectivity index (χ4n) is 2.93. The van der Waals surface area contributed by atoms with Crippen molar-refractivity contribution in [3.63, 3.8) is 0 Å². The van der Waals surface area contributed by atoms with Gasteiger partial charge in [-0.25, -0.2) is 0 Å². The third kappa shape index (κ3) is 4.66. The molecule has 2 aromatic rings. The lowest BCUT2D eigenvalue weighted by Crippen LogP contribution is -2.25. The molecule has 2 aromatic carbocycles. The summed E-state index contributed by atoms with van der Waals surface area (Å²) in [5.74, 6) is 2.68. The maximum Gasteiger partial charge on any atom is 0.251 e. The van der Waals surface area contributed by atoms with E-state index in [-0.39, 0.29) is 5.91 Å². The minimum Gasteiger partial charge on any atom is -0.493 e. The fourth-order valence-corrected chi connectivity index (χ4v) is 3.22. The minimum atomic E-state index is -0.104. The molecule has 1 amide bonds. The second-order valence-corrected chi connectivity index (χ2v) is 7.29. The van der Waals surface area contributed by atoms with Gasteiger partial charge in [-0.15, -0.1) is 0 Å². The van der Waals surface area contributed by atoms with Crippen molar-refractivity contribution < 1.29 is 19.0 Å². The lowest BCUT2D eigenvalue weighted by molar-refractivity contribution is 0.0954. The molecule has 1 N–H and O–H groups in total. The molecule has 0 saturated heterocycles. The van der Waals surface area contributed by atoms with Crippen LogP contribution in [0.5, 0.6) is 17.2 Å². The highest BCUT2D eigenvalue weighted by molar-refractivity contribution is 6.32. The molecule has 4 rings (SSSR count). The first kappa shape index (κ1) is 18.0. The van der Waals surface area contributed by atoms with Crippen molar-refractivity contribution in [3.05, 3.63) is 52.5 Å². The molecule has 2 aliphatic rings. The van der Waals surface area contributed by atoms with Crippen LogP contribution in [0.2, 0.25) is 5.02 Å². The average Bonchev–Trinajstić information content (AvgIpc) is 3.51. The van der Waals surface area contributed by atoms with E-state index < -0.39 is 0 Å². The van der Waals surface area contributed by atoms with E-state index in [0.717, 1.165) is 17.9 Å². The molecule has 1 aliphatic carbocycles. The molecule has 1 fully saturated rings. The summed E-state index contributed by atoms with van der Waals surface area (Å²) in [7, 11) is 0. The van der Waals surface area contributed by atoms with Crippen LogP contribution in [-0.4, -0.2) is 32.3 Å². The van der Waals surface area contributed by atoms with E-state index in [9.17, 15) is 4.79 Å². The van der Waals surface area contributed by atoms with Gasteiger partial charge in [0.1, 0.15) is 19.0 Å². The Hall–Kier alpha value is -2.40. The lowest BCUT2D eigenvalue weighted by atomic mass is 10.1. The van der Waals surface area contributed by atoms with E-state index >= 15 is 0 Å². The van der Waals surface area contributed by atoms with Crippen molar-refractivity contribution in [2.45, 2.75) is 19.3 Å². The average molecular weight is 388 g/mol. The van der Waals surface area contributed by atoms with Gasteiger partial charge in [-0.05, 0) is 67.1 Å². The molecule has 0 atom stereocenters. The van der Waals surface area contributed by atoms with E-state index in [1.807, 2.05) is 24.3 Å². The van der Waals surface area contributed by atoms with Crippen LogP contribution in [-0.2, 0) is 6.42 Å². The molecular formula is C21H22ClNO4. The molecule has 1 aliphatic heterocycles. The number of rotatable bonds is 7. The van der Waals surface area contributed by atoms with Crippen LogP contribution >= 0.6 is 11.6 Å². The third-order valence-electron chi connectivity index (χ3n) is 4.65. The maximum atomic E-state index is 12.3. The first-order chi connectivity index (χ1) is 13.2. The molecular weight excluding hydrogens is 366 g/mol. The zero-order valence-electron chi connectivity index (χ0n) is 15.0. The quantitative estimate of drug-likeness (QED) is 0.783. The molecule has 1 heterocycles. The zero-order valence-corrected chi connectivity index (χ0v) is 15.8. The summed E-state index contributed by atoms with van der Waals surface area (Å²) in [4.78, 5) is 12.3. The standard InChI is InChI=1S/C21H22ClNO4/c22-18-11-15(12-19-20(18)26-10-9-25-19)7-8-23-21(24)16-3-5-17(6-4-16)27-13-14-1-2-14/h3-6,11-12,14H,1-2,7-10,13H2,(H,23,24). The highest BCUT2D eigenvalue weighted by Gasteiger charge is 2.22. The van der Waals surface area contributed by atoms with Gasteiger partial charge in [0.2, 0.25) is 0 Å². The molecule has 0 bridgehead atoms. The second-order valence-electron chi connectivity index (χ2n) is 6.89. The molecule has 5 nitrogen and oxygen atoms in total. The van der Waals surface area contributed by atoms with Gasteiger partial charge >= 0.3 is 0 Å². The number of fused-ring (bicyclic) bond motifs is 1. The number of hydrogen-bond donors (Lipinski definition) is 1. The Morgan fingerprint density at radius 2 is 1.93 bits per heavy atom. The number of benzene rings is 2. The Bertz CT molecular complexity index is 818. The van der Waals surface area contributed by atoms with Crippen LogP contribution in [0.1, 0.15) is 28.8 Å². The highest BCUT2D eigenvalue weighted by atomic mass is 35.5. The summed E-state index contributed by atoms with van der Waals surface area (Å²) in [6, 6.07) is 11.0. The van der Waals surface area contributed by atoms with Crippen molar-refractivity contribution in [2.24, 2.45) is 5.92 Å².